The quantitative estimate of drug-likeness (QED) is 0.832. The number of nitrogens with one attached hydrogen (secondary N) is 1. The molecule has 4 heteroatoms. The third-order valence-electron chi connectivity index (χ3n) is 2.68. The molecule has 1 atom stereocenters. The number of halogens is 3. The first-order chi connectivity index (χ1) is 6.68. The summed E-state index contributed by atoms with van der Waals surface area (Å²) in [6.07, 6.45) is 2.17. The van der Waals surface area contributed by atoms with Gasteiger partial charge in [-0.2, -0.15) is 0 Å². The SMILES string of the molecule is Cc1cc(Br)cc([C@H]2CCCN2)c1F.Cl. The maximum Gasteiger partial charge on any atom is 0.130 e. The number of aryl methyl sites for hydroxylation is 1. The van der Waals surface area contributed by atoms with Crippen LogP contribution in [0.3, 0.4) is 0 Å². The van der Waals surface area contributed by atoms with Crippen molar-refractivity contribution in [3.8, 4) is 0 Å². The van der Waals surface area contributed by atoms with E-state index in [1.807, 2.05) is 12.1 Å². The summed E-state index contributed by atoms with van der Waals surface area (Å²) in [5, 5.41) is 3.31. The predicted molar refractivity (Wildman–Crippen MR) is 66.1 cm³/mol. The smallest absolute Gasteiger partial charge is 0.130 e. The average molecular weight is 295 g/mol. The van der Waals surface area contributed by atoms with Gasteiger partial charge in [-0.15, -0.1) is 12.4 Å². The lowest BCUT2D eigenvalue weighted by Crippen LogP contribution is -2.14. The first-order valence-corrected chi connectivity index (χ1v) is 5.66. The fourth-order valence-corrected chi connectivity index (χ4v) is 2.55. The monoisotopic (exact) mass is 293 g/mol. The topological polar surface area (TPSA) is 12.0 Å². The zero-order chi connectivity index (χ0) is 10.1. The normalized spacial score (nSPS) is 20.1. The molecular formula is C11H14BrClFN. The third kappa shape index (κ3) is 2.71. The fraction of sp³-hybridized carbons (Fsp3) is 0.455. The number of rotatable bonds is 1. The van der Waals surface area contributed by atoms with Gasteiger partial charge >= 0.3 is 0 Å². The lowest BCUT2D eigenvalue weighted by molar-refractivity contribution is 0.552. The van der Waals surface area contributed by atoms with Gasteiger partial charge in [0.25, 0.3) is 0 Å². The van der Waals surface area contributed by atoms with Gasteiger partial charge in [-0.1, -0.05) is 15.9 Å². The van der Waals surface area contributed by atoms with Crippen molar-refractivity contribution in [2.75, 3.05) is 6.54 Å². The first-order valence-electron chi connectivity index (χ1n) is 4.87. The van der Waals surface area contributed by atoms with Crippen molar-refractivity contribution in [1.82, 2.24) is 5.32 Å². The van der Waals surface area contributed by atoms with Gasteiger partial charge in [-0.05, 0) is 44.0 Å². The second-order valence-electron chi connectivity index (χ2n) is 3.77. The van der Waals surface area contributed by atoms with E-state index in [2.05, 4.69) is 21.2 Å². The van der Waals surface area contributed by atoms with Crippen LogP contribution in [0.1, 0.15) is 30.0 Å². The Balaban J connectivity index is 0.00000112. The molecule has 0 radical (unpaired) electrons. The Labute approximate surface area is 104 Å². The molecule has 0 unspecified atom stereocenters. The molecule has 1 aliphatic heterocycles. The van der Waals surface area contributed by atoms with E-state index >= 15 is 0 Å². The Hall–Kier alpha value is -0.120. The molecule has 0 saturated carbocycles. The molecule has 2 rings (SSSR count). The van der Waals surface area contributed by atoms with E-state index in [1.54, 1.807) is 6.92 Å². The molecule has 0 amide bonds. The maximum absolute atomic E-state index is 13.8. The lowest BCUT2D eigenvalue weighted by atomic mass is 10.0. The molecule has 1 nitrogen and oxygen atoms in total. The summed E-state index contributed by atoms with van der Waals surface area (Å²) in [5.74, 6) is -0.0624. The van der Waals surface area contributed by atoms with Crippen LogP contribution < -0.4 is 5.32 Å². The first kappa shape index (κ1) is 12.9. The summed E-state index contributed by atoms with van der Waals surface area (Å²) in [6.45, 7) is 2.80. The van der Waals surface area contributed by atoms with Crippen LogP contribution in [0, 0.1) is 12.7 Å². The summed E-state index contributed by atoms with van der Waals surface area (Å²) in [5.41, 5.74) is 1.51. The zero-order valence-electron chi connectivity index (χ0n) is 8.52. The molecular weight excluding hydrogens is 280 g/mol. The van der Waals surface area contributed by atoms with Crippen LogP contribution in [-0.2, 0) is 0 Å². The average Bonchev–Trinajstić information content (AvgIpc) is 2.63. The molecule has 1 aromatic rings. The van der Waals surface area contributed by atoms with Crippen LogP contribution in [-0.4, -0.2) is 6.54 Å². The molecule has 0 spiro atoms. The van der Waals surface area contributed by atoms with Crippen molar-refractivity contribution >= 4 is 28.3 Å². The minimum Gasteiger partial charge on any atom is -0.310 e. The second kappa shape index (κ2) is 5.28. The van der Waals surface area contributed by atoms with Crippen molar-refractivity contribution in [3.05, 3.63) is 33.5 Å². The van der Waals surface area contributed by atoms with Crippen LogP contribution in [0.15, 0.2) is 16.6 Å². The Morgan fingerprint density at radius 1 is 1.47 bits per heavy atom. The van der Waals surface area contributed by atoms with E-state index in [-0.39, 0.29) is 24.3 Å². The van der Waals surface area contributed by atoms with E-state index < -0.39 is 0 Å². The summed E-state index contributed by atoms with van der Waals surface area (Å²) >= 11 is 3.40. The van der Waals surface area contributed by atoms with Crippen LogP contribution in [0.2, 0.25) is 0 Å². The largest absolute Gasteiger partial charge is 0.310 e. The van der Waals surface area contributed by atoms with Gasteiger partial charge in [0, 0.05) is 16.1 Å². The van der Waals surface area contributed by atoms with Gasteiger partial charge in [0.1, 0.15) is 5.82 Å². The molecule has 1 heterocycles. The highest BCUT2D eigenvalue weighted by Crippen LogP contribution is 2.29. The van der Waals surface area contributed by atoms with Crippen LogP contribution >= 0.6 is 28.3 Å². The van der Waals surface area contributed by atoms with Gasteiger partial charge in [0.05, 0.1) is 0 Å². The molecule has 1 aromatic carbocycles. The highest BCUT2D eigenvalue weighted by molar-refractivity contribution is 9.10. The van der Waals surface area contributed by atoms with Gasteiger partial charge in [0.15, 0.2) is 0 Å². The highest BCUT2D eigenvalue weighted by atomic mass is 79.9. The molecule has 1 aliphatic rings. The maximum atomic E-state index is 13.8. The van der Waals surface area contributed by atoms with E-state index in [0.717, 1.165) is 29.4 Å². The fourth-order valence-electron chi connectivity index (χ4n) is 1.96. The summed E-state index contributed by atoms with van der Waals surface area (Å²) in [7, 11) is 0. The van der Waals surface area contributed by atoms with Crippen molar-refractivity contribution in [3.63, 3.8) is 0 Å². The Morgan fingerprint density at radius 2 is 2.20 bits per heavy atom. The van der Waals surface area contributed by atoms with Gasteiger partial charge in [0.2, 0.25) is 0 Å². The van der Waals surface area contributed by atoms with Gasteiger partial charge < -0.3 is 5.32 Å². The number of hydrogen-bond donors (Lipinski definition) is 1. The Bertz CT molecular complexity index is 351. The van der Waals surface area contributed by atoms with E-state index in [9.17, 15) is 4.39 Å². The summed E-state index contributed by atoms with van der Waals surface area (Å²) in [6, 6.07) is 3.89. The minimum absolute atomic E-state index is 0. The zero-order valence-corrected chi connectivity index (χ0v) is 10.9. The molecule has 1 saturated heterocycles. The highest BCUT2D eigenvalue weighted by Gasteiger charge is 2.20. The predicted octanol–water partition coefficient (Wildman–Crippen LogP) is 3.74. The third-order valence-corrected chi connectivity index (χ3v) is 3.14. The minimum atomic E-state index is -0.0624. The van der Waals surface area contributed by atoms with Crippen LogP contribution in [0.4, 0.5) is 4.39 Å². The molecule has 1 N–H and O–H groups in total. The van der Waals surface area contributed by atoms with E-state index in [0.29, 0.717) is 5.56 Å². The van der Waals surface area contributed by atoms with E-state index in [1.165, 1.54) is 0 Å². The van der Waals surface area contributed by atoms with Crippen molar-refractivity contribution in [2.45, 2.75) is 25.8 Å². The molecule has 84 valence electrons. The Kier molecular flexibility index (Phi) is 4.56. The molecule has 15 heavy (non-hydrogen) atoms. The molecule has 1 fully saturated rings. The number of benzene rings is 1. The summed E-state index contributed by atoms with van der Waals surface area (Å²) < 4.78 is 14.7. The summed E-state index contributed by atoms with van der Waals surface area (Å²) in [4.78, 5) is 0. The van der Waals surface area contributed by atoms with Crippen LogP contribution in [0.25, 0.3) is 0 Å². The van der Waals surface area contributed by atoms with Crippen LogP contribution in [0.5, 0.6) is 0 Å². The molecule has 0 aromatic heterocycles. The van der Waals surface area contributed by atoms with Crippen molar-refractivity contribution in [1.29, 1.82) is 0 Å². The van der Waals surface area contributed by atoms with Crippen molar-refractivity contribution in [2.24, 2.45) is 0 Å². The Morgan fingerprint density at radius 3 is 2.80 bits per heavy atom. The van der Waals surface area contributed by atoms with Gasteiger partial charge in [-0.25, -0.2) is 4.39 Å². The molecule has 0 aliphatic carbocycles. The number of hydrogen-bond acceptors (Lipinski definition) is 1. The molecule has 0 bridgehead atoms. The standard InChI is InChI=1S/C11H13BrFN.ClH/c1-7-5-8(12)6-9(11(7)13)10-3-2-4-14-10;/h5-6,10,14H,2-4H2,1H3;1H/t10-;/m1./s1. The van der Waals surface area contributed by atoms with E-state index in [4.69, 9.17) is 0 Å². The second-order valence-corrected chi connectivity index (χ2v) is 4.69. The lowest BCUT2D eigenvalue weighted by Gasteiger charge is -2.13. The van der Waals surface area contributed by atoms with Gasteiger partial charge in [-0.3, -0.25) is 0 Å². The van der Waals surface area contributed by atoms with Crippen molar-refractivity contribution < 1.29 is 4.39 Å².